The molecule has 0 heterocycles. The van der Waals surface area contributed by atoms with E-state index in [-0.39, 0.29) is 30.8 Å². The standard InChI is InChI=1S/C20H22FN3O3/c1-13-4-5-16(10-19(13)21)11-22-20(26)12-27-24-14(2)17-6-8-18(9-7-17)23-15(3)25/h4-10H,11-12H2,1-3H3,(H,22,26)(H,23,25)/b24-14+. The van der Waals surface area contributed by atoms with E-state index in [0.29, 0.717) is 22.5 Å². The summed E-state index contributed by atoms with van der Waals surface area (Å²) in [7, 11) is 0. The highest BCUT2D eigenvalue weighted by atomic mass is 19.1. The van der Waals surface area contributed by atoms with Gasteiger partial charge in [-0.15, -0.1) is 0 Å². The Kier molecular flexibility index (Phi) is 7.05. The molecule has 2 amide bonds. The summed E-state index contributed by atoms with van der Waals surface area (Å²) in [6.45, 7) is 4.84. The number of halogens is 1. The van der Waals surface area contributed by atoms with E-state index in [4.69, 9.17) is 4.84 Å². The van der Waals surface area contributed by atoms with Crippen molar-refractivity contribution >= 4 is 23.2 Å². The fraction of sp³-hybridized carbons (Fsp3) is 0.250. The number of hydrogen-bond donors (Lipinski definition) is 2. The molecular formula is C20H22FN3O3. The Hall–Kier alpha value is -3.22. The molecule has 6 nitrogen and oxygen atoms in total. The van der Waals surface area contributed by atoms with E-state index in [1.54, 1.807) is 50.2 Å². The molecule has 27 heavy (non-hydrogen) atoms. The van der Waals surface area contributed by atoms with E-state index in [9.17, 15) is 14.0 Å². The Morgan fingerprint density at radius 2 is 1.81 bits per heavy atom. The smallest absolute Gasteiger partial charge is 0.261 e. The van der Waals surface area contributed by atoms with Gasteiger partial charge in [0.2, 0.25) is 5.91 Å². The van der Waals surface area contributed by atoms with Gasteiger partial charge in [-0.3, -0.25) is 9.59 Å². The van der Waals surface area contributed by atoms with Crippen molar-refractivity contribution in [3.63, 3.8) is 0 Å². The van der Waals surface area contributed by atoms with Gasteiger partial charge in [0.05, 0.1) is 5.71 Å². The minimum Gasteiger partial charge on any atom is -0.385 e. The van der Waals surface area contributed by atoms with Gasteiger partial charge < -0.3 is 15.5 Å². The molecular weight excluding hydrogens is 349 g/mol. The number of carbonyl (C=O) groups excluding carboxylic acids is 2. The molecule has 7 heteroatoms. The minimum absolute atomic E-state index is 0.143. The maximum absolute atomic E-state index is 13.5. The highest BCUT2D eigenvalue weighted by Gasteiger charge is 2.05. The molecule has 0 fully saturated rings. The summed E-state index contributed by atoms with van der Waals surface area (Å²) in [5.41, 5.74) is 3.32. The van der Waals surface area contributed by atoms with E-state index < -0.39 is 0 Å². The van der Waals surface area contributed by atoms with Crippen LogP contribution in [0.2, 0.25) is 0 Å². The maximum atomic E-state index is 13.5. The van der Waals surface area contributed by atoms with E-state index in [2.05, 4.69) is 15.8 Å². The summed E-state index contributed by atoms with van der Waals surface area (Å²) in [6, 6.07) is 11.9. The predicted octanol–water partition coefficient (Wildman–Crippen LogP) is 3.15. The molecule has 0 atom stereocenters. The Bertz CT molecular complexity index is 848. The quantitative estimate of drug-likeness (QED) is 0.580. The molecule has 0 unspecified atom stereocenters. The van der Waals surface area contributed by atoms with Crippen molar-refractivity contribution in [3.05, 3.63) is 65.0 Å². The molecule has 0 spiro atoms. The molecule has 0 saturated heterocycles. The van der Waals surface area contributed by atoms with Gasteiger partial charge in [0.1, 0.15) is 5.82 Å². The summed E-state index contributed by atoms with van der Waals surface area (Å²) < 4.78 is 13.5. The van der Waals surface area contributed by atoms with Gasteiger partial charge in [-0.25, -0.2) is 4.39 Å². The number of rotatable bonds is 7. The van der Waals surface area contributed by atoms with Crippen molar-refractivity contribution < 1.29 is 18.8 Å². The molecule has 0 radical (unpaired) electrons. The zero-order valence-corrected chi connectivity index (χ0v) is 15.5. The first-order chi connectivity index (χ1) is 12.8. The molecule has 2 aromatic carbocycles. The minimum atomic E-state index is -0.353. The van der Waals surface area contributed by atoms with Crippen LogP contribution >= 0.6 is 0 Å². The van der Waals surface area contributed by atoms with Gasteiger partial charge in [0.25, 0.3) is 5.91 Å². The zero-order chi connectivity index (χ0) is 19.8. The second kappa shape index (κ2) is 9.47. The Morgan fingerprint density at radius 1 is 1.11 bits per heavy atom. The van der Waals surface area contributed by atoms with Gasteiger partial charge in [0, 0.05) is 19.2 Å². The van der Waals surface area contributed by atoms with E-state index in [0.717, 1.165) is 5.56 Å². The van der Waals surface area contributed by atoms with Gasteiger partial charge in [0.15, 0.2) is 6.61 Å². The van der Waals surface area contributed by atoms with Crippen LogP contribution in [0.15, 0.2) is 47.6 Å². The largest absolute Gasteiger partial charge is 0.385 e. The molecule has 0 aliphatic rings. The first-order valence-corrected chi connectivity index (χ1v) is 8.41. The highest BCUT2D eigenvalue weighted by Crippen LogP contribution is 2.11. The van der Waals surface area contributed by atoms with Crippen LogP contribution in [-0.4, -0.2) is 24.1 Å². The molecule has 0 aliphatic carbocycles. The van der Waals surface area contributed by atoms with Crippen molar-refractivity contribution in [1.29, 1.82) is 0 Å². The first-order valence-electron chi connectivity index (χ1n) is 8.41. The SMILES string of the molecule is CC(=O)Nc1ccc(/C(C)=N/OCC(=O)NCc2ccc(C)c(F)c2)cc1. The third-order valence-corrected chi connectivity index (χ3v) is 3.75. The third kappa shape index (κ3) is 6.54. The second-order valence-corrected chi connectivity index (χ2v) is 6.07. The summed E-state index contributed by atoms with van der Waals surface area (Å²) in [5.74, 6) is -0.799. The van der Waals surface area contributed by atoms with Gasteiger partial charge in [-0.1, -0.05) is 29.4 Å². The number of benzene rings is 2. The predicted molar refractivity (Wildman–Crippen MR) is 102 cm³/mol. The van der Waals surface area contributed by atoms with E-state index in [1.807, 2.05) is 0 Å². The lowest BCUT2D eigenvalue weighted by atomic mass is 10.1. The molecule has 0 saturated carbocycles. The first kappa shape index (κ1) is 20.1. The molecule has 142 valence electrons. The van der Waals surface area contributed by atoms with Crippen LogP contribution in [0.1, 0.15) is 30.5 Å². The number of oxime groups is 1. The van der Waals surface area contributed by atoms with Crippen LogP contribution in [0, 0.1) is 12.7 Å². The Balaban J connectivity index is 1.80. The van der Waals surface area contributed by atoms with Crippen LogP contribution in [-0.2, 0) is 21.0 Å². The molecule has 0 aliphatic heterocycles. The van der Waals surface area contributed by atoms with Crippen LogP contribution in [0.4, 0.5) is 10.1 Å². The van der Waals surface area contributed by atoms with Crippen LogP contribution < -0.4 is 10.6 Å². The monoisotopic (exact) mass is 371 g/mol. The van der Waals surface area contributed by atoms with Crippen LogP contribution in [0.25, 0.3) is 0 Å². The van der Waals surface area contributed by atoms with Crippen molar-refractivity contribution in [1.82, 2.24) is 5.32 Å². The Morgan fingerprint density at radius 3 is 2.44 bits per heavy atom. The number of amides is 2. The number of nitrogens with zero attached hydrogens (tertiary/aromatic N) is 1. The van der Waals surface area contributed by atoms with E-state index in [1.165, 1.54) is 13.0 Å². The topological polar surface area (TPSA) is 79.8 Å². The molecule has 0 aromatic heterocycles. The zero-order valence-electron chi connectivity index (χ0n) is 15.5. The number of aryl methyl sites for hydroxylation is 1. The Labute approximate surface area is 157 Å². The van der Waals surface area contributed by atoms with Gasteiger partial charge >= 0.3 is 0 Å². The normalized spacial score (nSPS) is 11.0. The van der Waals surface area contributed by atoms with Crippen molar-refractivity contribution in [2.75, 3.05) is 11.9 Å². The number of carbonyl (C=O) groups is 2. The lowest BCUT2D eigenvalue weighted by Gasteiger charge is -2.07. The van der Waals surface area contributed by atoms with Crippen molar-refractivity contribution in [3.8, 4) is 0 Å². The van der Waals surface area contributed by atoms with Gasteiger partial charge in [-0.05, 0) is 48.7 Å². The maximum Gasteiger partial charge on any atom is 0.261 e. The molecule has 2 N–H and O–H groups in total. The van der Waals surface area contributed by atoms with Crippen LogP contribution in [0.5, 0.6) is 0 Å². The molecule has 0 bridgehead atoms. The number of hydrogen-bond acceptors (Lipinski definition) is 4. The third-order valence-electron chi connectivity index (χ3n) is 3.75. The molecule has 2 aromatic rings. The van der Waals surface area contributed by atoms with Crippen molar-refractivity contribution in [2.45, 2.75) is 27.3 Å². The average molecular weight is 371 g/mol. The summed E-state index contributed by atoms with van der Waals surface area (Å²) >= 11 is 0. The average Bonchev–Trinajstić information content (AvgIpc) is 2.62. The summed E-state index contributed by atoms with van der Waals surface area (Å²) in [5, 5.41) is 9.24. The fourth-order valence-electron chi connectivity index (χ4n) is 2.24. The van der Waals surface area contributed by atoms with Crippen molar-refractivity contribution in [2.24, 2.45) is 5.16 Å². The highest BCUT2D eigenvalue weighted by molar-refractivity contribution is 5.99. The van der Waals surface area contributed by atoms with Gasteiger partial charge in [-0.2, -0.15) is 0 Å². The summed E-state index contributed by atoms with van der Waals surface area (Å²) in [6.07, 6.45) is 0. The summed E-state index contributed by atoms with van der Waals surface area (Å²) in [4.78, 5) is 27.9. The lowest BCUT2D eigenvalue weighted by Crippen LogP contribution is -2.26. The van der Waals surface area contributed by atoms with E-state index >= 15 is 0 Å². The molecule has 2 rings (SSSR count). The number of nitrogens with one attached hydrogen (secondary N) is 2. The lowest BCUT2D eigenvalue weighted by molar-refractivity contribution is -0.125. The fourth-order valence-corrected chi connectivity index (χ4v) is 2.24. The second-order valence-electron chi connectivity index (χ2n) is 6.07. The number of anilines is 1. The van der Waals surface area contributed by atoms with Crippen LogP contribution in [0.3, 0.4) is 0 Å².